The van der Waals surface area contributed by atoms with Gasteiger partial charge in [-0.3, -0.25) is 4.79 Å². The number of rotatable bonds is 1. The first-order chi connectivity index (χ1) is 10.8. The molecule has 5 atom stereocenters. The zero-order valence-corrected chi connectivity index (χ0v) is 15.2. The molecule has 23 heavy (non-hydrogen) atoms. The van der Waals surface area contributed by atoms with Crippen LogP contribution < -0.4 is 0 Å². The zero-order valence-electron chi connectivity index (χ0n) is 15.2. The van der Waals surface area contributed by atoms with Crippen LogP contribution >= 0.6 is 0 Å². The summed E-state index contributed by atoms with van der Waals surface area (Å²) in [7, 11) is 4.28. The van der Waals surface area contributed by atoms with Gasteiger partial charge in [-0.05, 0) is 81.9 Å². The quantitative estimate of drug-likeness (QED) is 0.681. The van der Waals surface area contributed by atoms with Gasteiger partial charge in [0, 0.05) is 12.0 Å². The zero-order chi connectivity index (χ0) is 16.4. The Bertz CT molecular complexity index is 566. The van der Waals surface area contributed by atoms with E-state index in [4.69, 9.17) is 4.74 Å². The maximum Gasteiger partial charge on any atom is 0.314 e. The Labute approximate surface area is 140 Å². The second-order valence-corrected chi connectivity index (χ2v) is 9.22. The summed E-state index contributed by atoms with van der Waals surface area (Å²) in [6.45, 7) is 4.77. The first-order valence-corrected chi connectivity index (χ1v) is 9.47. The predicted octanol–water partition coefficient (Wildman–Crippen LogP) is 4.13. The van der Waals surface area contributed by atoms with E-state index in [1.807, 2.05) is 0 Å². The van der Waals surface area contributed by atoms with Gasteiger partial charge in [0.1, 0.15) is 5.76 Å². The second-order valence-electron chi connectivity index (χ2n) is 9.22. The van der Waals surface area contributed by atoms with E-state index < -0.39 is 0 Å². The highest BCUT2D eigenvalue weighted by molar-refractivity contribution is 5.76. The molecule has 0 N–H and O–H groups in total. The molecule has 128 valence electrons. The fraction of sp³-hybridized carbons (Fsp3) is 0.850. The normalized spacial score (nSPS) is 46.3. The van der Waals surface area contributed by atoms with Crippen LogP contribution in [-0.2, 0) is 9.53 Å². The second kappa shape index (κ2) is 5.08. The molecule has 4 rings (SSSR count). The molecular formula is C20H31NO2. The number of hydrogen-bond donors (Lipinski definition) is 0. The van der Waals surface area contributed by atoms with Gasteiger partial charge in [0.2, 0.25) is 0 Å². The SMILES string of the molecule is CN(C)C1CCC2(C)C(C1)C(=O)OC1=C3CCCC3(C)CCC12. The summed E-state index contributed by atoms with van der Waals surface area (Å²) >= 11 is 0. The van der Waals surface area contributed by atoms with Crippen LogP contribution in [0.25, 0.3) is 0 Å². The molecule has 1 aliphatic heterocycles. The Kier molecular flexibility index (Phi) is 3.46. The lowest BCUT2D eigenvalue weighted by atomic mass is 9.54. The van der Waals surface area contributed by atoms with Crippen molar-refractivity contribution < 1.29 is 9.53 Å². The van der Waals surface area contributed by atoms with Crippen LogP contribution in [0.15, 0.2) is 11.3 Å². The van der Waals surface area contributed by atoms with Crippen molar-refractivity contribution >= 4 is 5.97 Å². The van der Waals surface area contributed by atoms with Gasteiger partial charge in [-0.15, -0.1) is 0 Å². The number of fused-ring (bicyclic) bond motifs is 4. The van der Waals surface area contributed by atoms with Crippen LogP contribution in [0.1, 0.15) is 65.2 Å². The van der Waals surface area contributed by atoms with Crippen molar-refractivity contribution in [3.05, 3.63) is 11.3 Å². The Morgan fingerprint density at radius 3 is 2.61 bits per heavy atom. The Morgan fingerprint density at radius 1 is 1.09 bits per heavy atom. The van der Waals surface area contributed by atoms with Gasteiger partial charge in [-0.1, -0.05) is 13.8 Å². The van der Waals surface area contributed by atoms with E-state index in [9.17, 15) is 4.79 Å². The van der Waals surface area contributed by atoms with Gasteiger partial charge in [0.25, 0.3) is 0 Å². The molecule has 1 heterocycles. The summed E-state index contributed by atoms with van der Waals surface area (Å²) in [4.78, 5) is 15.2. The maximum atomic E-state index is 12.9. The molecule has 3 fully saturated rings. The highest BCUT2D eigenvalue weighted by Crippen LogP contribution is 2.62. The molecule has 0 spiro atoms. The van der Waals surface area contributed by atoms with E-state index in [0.717, 1.165) is 25.0 Å². The lowest BCUT2D eigenvalue weighted by Crippen LogP contribution is -2.54. The van der Waals surface area contributed by atoms with Gasteiger partial charge >= 0.3 is 5.97 Å². The molecule has 3 heteroatoms. The number of carbonyl (C=O) groups is 1. The van der Waals surface area contributed by atoms with Crippen molar-refractivity contribution in [2.75, 3.05) is 14.1 Å². The fourth-order valence-electron chi connectivity index (χ4n) is 6.11. The number of ether oxygens (including phenoxy) is 1. The Balaban J connectivity index is 1.72. The minimum atomic E-state index is 0.0638. The van der Waals surface area contributed by atoms with Crippen molar-refractivity contribution in [1.82, 2.24) is 4.90 Å². The lowest BCUT2D eigenvalue weighted by Gasteiger charge is -2.54. The molecule has 0 aromatic rings. The van der Waals surface area contributed by atoms with Gasteiger partial charge < -0.3 is 9.64 Å². The predicted molar refractivity (Wildman–Crippen MR) is 90.7 cm³/mol. The monoisotopic (exact) mass is 317 g/mol. The van der Waals surface area contributed by atoms with E-state index in [1.54, 1.807) is 0 Å². The van der Waals surface area contributed by atoms with Crippen LogP contribution in [0.2, 0.25) is 0 Å². The Hall–Kier alpha value is -0.830. The fourth-order valence-corrected chi connectivity index (χ4v) is 6.11. The van der Waals surface area contributed by atoms with E-state index in [0.29, 0.717) is 17.4 Å². The third-order valence-electron chi connectivity index (χ3n) is 7.82. The molecule has 0 aromatic carbocycles. The summed E-state index contributed by atoms with van der Waals surface area (Å²) in [5, 5.41) is 0. The number of esters is 1. The highest BCUT2D eigenvalue weighted by atomic mass is 16.5. The first-order valence-electron chi connectivity index (χ1n) is 9.47. The summed E-state index contributed by atoms with van der Waals surface area (Å²) in [5.74, 6) is 1.75. The molecule has 0 aromatic heterocycles. The molecule has 2 saturated carbocycles. The van der Waals surface area contributed by atoms with Crippen LogP contribution in [0.3, 0.4) is 0 Å². The minimum absolute atomic E-state index is 0.0638. The van der Waals surface area contributed by atoms with E-state index >= 15 is 0 Å². The third kappa shape index (κ3) is 2.15. The molecule has 3 aliphatic carbocycles. The highest BCUT2D eigenvalue weighted by Gasteiger charge is 2.58. The molecule has 0 bridgehead atoms. The van der Waals surface area contributed by atoms with Crippen molar-refractivity contribution in [3.8, 4) is 0 Å². The summed E-state index contributed by atoms with van der Waals surface area (Å²) in [5.41, 5.74) is 1.93. The van der Waals surface area contributed by atoms with Gasteiger partial charge in [0.05, 0.1) is 5.92 Å². The van der Waals surface area contributed by atoms with Gasteiger partial charge in [-0.25, -0.2) is 0 Å². The average Bonchev–Trinajstić information content (AvgIpc) is 2.89. The smallest absolute Gasteiger partial charge is 0.314 e. The molecule has 4 aliphatic rings. The molecule has 3 nitrogen and oxygen atoms in total. The number of carbonyl (C=O) groups excluding carboxylic acids is 1. The van der Waals surface area contributed by atoms with E-state index in [1.165, 1.54) is 37.7 Å². The lowest BCUT2D eigenvalue weighted by molar-refractivity contribution is -0.168. The maximum absolute atomic E-state index is 12.9. The molecule has 0 amide bonds. The van der Waals surface area contributed by atoms with E-state index in [2.05, 4.69) is 32.8 Å². The standard InChI is InChI=1S/C20H31NO2/c1-19-9-5-6-14(19)17-15(8-10-19)20(2)11-7-13(21(3)4)12-16(20)18(22)23-17/h13,15-16H,5-12H2,1-4H3. The minimum Gasteiger partial charge on any atom is -0.431 e. The Morgan fingerprint density at radius 2 is 1.87 bits per heavy atom. The number of allylic oxidation sites excluding steroid dienone is 2. The largest absolute Gasteiger partial charge is 0.431 e. The number of nitrogens with zero attached hydrogens (tertiary/aromatic N) is 1. The number of hydrogen-bond acceptors (Lipinski definition) is 3. The summed E-state index contributed by atoms with van der Waals surface area (Å²) in [6.07, 6.45) is 9.53. The van der Waals surface area contributed by atoms with Crippen molar-refractivity contribution in [2.45, 2.75) is 71.3 Å². The van der Waals surface area contributed by atoms with Crippen molar-refractivity contribution in [3.63, 3.8) is 0 Å². The summed E-state index contributed by atoms with van der Waals surface area (Å²) < 4.78 is 6.05. The van der Waals surface area contributed by atoms with Crippen LogP contribution in [0.5, 0.6) is 0 Å². The van der Waals surface area contributed by atoms with Crippen molar-refractivity contribution in [2.24, 2.45) is 22.7 Å². The average molecular weight is 317 g/mol. The molecule has 5 unspecified atom stereocenters. The molecular weight excluding hydrogens is 286 g/mol. The van der Waals surface area contributed by atoms with Gasteiger partial charge in [0.15, 0.2) is 0 Å². The summed E-state index contributed by atoms with van der Waals surface area (Å²) in [6, 6.07) is 0.523. The third-order valence-corrected chi connectivity index (χ3v) is 7.82. The van der Waals surface area contributed by atoms with Crippen molar-refractivity contribution in [1.29, 1.82) is 0 Å². The van der Waals surface area contributed by atoms with Crippen LogP contribution in [0.4, 0.5) is 0 Å². The van der Waals surface area contributed by atoms with Crippen LogP contribution in [0, 0.1) is 22.7 Å². The van der Waals surface area contributed by atoms with Crippen LogP contribution in [-0.4, -0.2) is 31.0 Å². The topological polar surface area (TPSA) is 29.5 Å². The van der Waals surface area contributed by atoms with E-state index in [-0.39, 0.29) is 17.3 Å². The molecule has 0 radical (unpaired) electrons. The molecule has 1 saturated heterocycles. The van der Waals surface area contributed by atoms with Gasteiger partial charge in [-0.2, -0.15) is 0 Å². The first kappa shape index (κ1) is 15.7.